The average Bonchev–Trinajstić information content (AvgIpc) is 3.09. The molecule has 98 valence electrons. The van der Waals surface area contributed by atoms with Gasteiger partial charge in [0.1, 0.15) is 5.54 Å². The SMILES string of the molecule is CCN(C(=O)CNC1(C(F)(F)F)CC1)C1CC1. The van der Waals surface area contributed by atoms with Gasteiger partial charge in [-0.3, -0.25) is 10.1 Å². The van der Waals surface area contributed by atoms with Crippen LogP contribution in [0.1, 0.15) is 32.6 Å². The van der Waals surface area contributed by atoms with Gasteiger partial charge in [-0.1, -0.05) is 0 Å². The van der Waals surface area contributed by atoms with Gasteiger partial charge in [-0.2, -0.15) is 13.2 Å². The van der Waals surface area contributed by atoms with Crippen LogP contribution in [0.3, 0.4) is 0 Å². The Balaban J connectivity index is 1.84. The van der Waals surface area contributed by atoms with Gasteiger partial charge in [-0.25, -0.2) is 0 Å². The van der Waals surface area contributed by atoms with Gasteiger partial charge >= 0.3 is 6.18 Å². The predicted molar refractivity (Wildman–Crippen MR) is 56.4 cm³/mol. The number of amides is 1. The molecule has 1 amide bonds. The zero-order valence-electron chi connectivity index (χ0n) is 9.81. The Labute approximate surface area is 98.3 Å². The smallest absolute Gasteiger partial charge is 0.339 e. The van der Waals surface area contributed by atoms with Crippen molar-refractivity contribution in [2.24, 2.45) is 0 Å². The van der Waals surface area contributed by atoms with Crippen molar-refractivity contribution in [2.45, 2.75) is 50.4 Å². The van der Waals surface area contributed by atoms with Gasteiger partial charge in [0, 0.05) is 12.6 Å². The Morgan fingerprint density at radius 2 is 2.00 bits per heavy atom. The lowest BCUT2D eigenvalue weighted by molar-refractivity contribution is -0.166. The molecule has 0 heterocycles. The number of rotatable bonds is 5. The number of halogens is 3. The summed E-state index contributed by atoms with van der Waals surface area (Å²) in [6, 6.07) is 0.260. The summed E-state index contributed by atoms with van der Waals surface area (Å²) in [5.74, 6) is -0.217. The third-order valence-electron chi connectivity index (χ3n) is 3.52. The third-order valence-corrected chi connectivity index (χ3v) is 3.52. The highest BCUT2D eigenvalue weighted by molar-refractivity contribution is 5.79. The topological polar surface area (TPSA) is 32.3 Å². The molecule has 0 aliphatic heterocycles. The fourth-order valence-corrected chi connectivity index (χ4v) is 2.06. The molecule has 2 aliphatic rings. The fraction of sp³-hybridized carbons (Fsp3) is 0.909. The Hall–Kier alpha value is -0.780. The van der Waals surface area contributed by atoms with E-state index in [-0.39, 0.29) is 31.3 Å². The molecule has 0 saturated heterocycles. The van der Waals surface area contributed by atoms with Crippen LogP contribution in [-0.4, -0.2) is 41.7 Å². The minimum absolute atomic E-state index is 0.0827. The molecule has 2 aliphatic carbocycles. The molecule has 0 unspecified atom stereocenters. The summed E-state index contributed by atoms with van der Waals surface area (Å²) < 4.78 is 37.8. The van der Waals surface area contributed by atoms with Crippen molar-refractivity contribution >= 4 is 5.91 Å². The van der Waals surface area contributed by atoms with E-state index in [1.807, 2.05) is 6.92 Å². The van der Waals surface area contributed by atoms with Crippen LogP contribution >= 0.6 is 0 Å². The molecule has 2 fully saturated rings. The van der Waals surface area contributed by atoms with Crippen LogP contribution in [0.5, 0.6) is 0 Å². The molecule has 0 atom stereocenters. The molecule has 6 heteroatoms. The van der Waals surface area contributed by atoms with Gasteiger partial charge in [-0.05, 0) is 32.6 Å². The zero-order chi connectivity index (χ0) is 12.7. The molecule has 17 heavy (non-hydrogen) atoms. The second kappa shape index (κ2) is 4.15. The van der Waals surface area contributed by atoms with Crippen LogP contribution < -0.4 is 5.32 Å². The molecular formula is C11H17F3N2O. The average molecular weight is 250 g/mol. The minimum Gasteiger partial charge on any atom is -0.339 e. The highest BCUT2D eigenvalue weighted by atomic mass is 19.4. The normalized spacial score (nSPS) is 22.4. The summed E-state index contributed by atoms with van der Waals surface area (Å²) in [5.41, 5.74) is -1.79. The number of alkyl halides is 3. The summed E-state index contributed by atoms with van der Waals surface area (Å²) in [6.45, 7) is 2.22. The van der Waals surface area contributed by atoms with Crippen molar-refractivity contribution in [3.63, 3.8) is 0 Å². The van der Waals surface area contributed by atoms with E-state index in [4.69, 9.17) is 0 Å². The van der Waals surface area contributed by atoms with Gasteiger partial charge in [0.05, 0.1) is 6.54 Å². The molecular weight excluding hydrogens is 233 g/mol. The summed E-state index contributed by atoms with van der Waals surface area (Å²) in [5, 5.41) is 2.39. The monoisotopic (exact) mass is 250 g/mol. The molecule has 1 N–H and O–H groups in total. The van der Waals surface area contributed by atoms with Gasteiger partial charge in [0.25, 0.3) is 0 Å². The third kappa shape index (κ3) is 2.56. The van der Waals surface area contributed by atoms with Gasteiger partial charge < -0.3 is 4.90 Å². The van der Waals surface area contributed by atoms with Crippen LogP contribution in [0, 0.1) is 0 Å². The fourth-order valence-electron chi connectivity index (χ4n) is 2.06. The lowest BCUT2D eigenvalue weighted by Crippen LogP contribution is -2.49. The maximum absolute atomic E-state index is 12.6. The second-order valence-corrected chi connectivity index (χ2v) is 4.84. The zero-order valence-corrected chi connectivity index (χ0v) is 9.81. The first-order valence-corrected chi connectivity index (χ1v) is 6.01. The standard InChI is InChI=1S/C11H17F3N2O/c1-2-16(8-3-4-8)9(17)7-15-10(5-6-10)11(12,13)14/h8,15H,2-7H2,1H3. The highest BCUT2D eigenvalue weighted by Crippen LogP contribution is 2.48. The van der Waals surface area contributed by atoms with Crippen molar-refractivity contribution in [3.8, 4) is 0 Å². The van der Waals surface area contributed by atoms with Crippen molar-refractivity contribution in [3.05, 3.63) is 0 Å². The molecule has 0 aromatic carbocycles. The lowest BCUT2D eigenvalue weighted by Gasteiger charge is -2.24. The van der Waals surface area contributed by atoms with Gasteiger partial charge in [0.15, 0.2) is 0 Å². The summed E-state index contributed by atoms with van der Waals surface area (Å²) >= 11 is 0. The lowest BCUT2D eigenvalue weighted by atomic mass is 10.2. The van der Waals surface area contributed by atoms with Gasteiger partial charge in [-0.15, -0.1) is 0 Å². The summed E-state index contributed by atoms with van der Waals surface area (Å²) in [6.07, 6.45) is -2.13. The van der Waals surface area contributed by atoms with Crippen molar-refractivity contribution < 1.29 is 18.0 Å². The van der Waals surface area contributed by atoms with Crippen LogP contribution in [0.25, 0.3) is 0 Å². The second-order valence-electron chi connectivity index (χ2n) is 4.84. The highest BCUT2D eigenvalue weighted by Gasteiger charge is 2.63. The number of carbonyl (C=O) groups is 1. The number of likely N-dealkylation sites (N-methyl/N-ethyl adjacent to an activating group) is 1. The molecule has 3 nitrogen and oxygen atoms in total. The van der Waals surface area contributed by atoms with E-state index in [1.165, 1.54) is 0 Å². The Morgan fingerprint density at radius 1 is 1.41 bits per heavy atom. The molecule has 0 spiro atoms. The van der Waals surface area contributed by atoms with Crippen LogP contribution in [0.2, 0.25) is 0 Å². The molecule has 0 aromatic heterocycles. The maximum Gasteiger partial charge on any atom is 0.406 e. The van der Waals surface area contributed by atoms with E-state index < -0.39 is 11.7 Å². The predicted octanol–water partition coefficient (Wildman–Crippen LogP) is 1.68. The van der Waals surface area contributed by atoms with Crippen LogP contribution in [0.15, 0.2) is 0 Å². The number of carbonyl (C=O) groups excluding carboxylic acids is 1. The largest absolute Gasteiger partial charge is 0.406 e. The first-order valence-electron chi connectivity index (χ1n) is 6.01. The van der Waals surface area contributed by atoms with Crippen molar-refractivity contribution in [1.82, 2.24) is 10.2 Å². The van der Waals surface area contributed by atoms with E-state index >= 15 is 0 Å². The van der Waals surface area contributed by atoms with E-state index in [9.17, 15) is 18.0 Å². The first kappa shape index (κ1) is 12.7. The Kier molecular flexibility index (Phi) is 3.10. The number of hydrogen-bond acceptors (Lipinski definition) is 2. The molecule has 0 radical (unpaired) electrons. The summed E-state index contributed by atoms with van der Waals surface area (Å²) in [4.78, 5) is 13.4. The summed E-state index contributed by atoms with van der Waals surface area (Å²) in [7, 11) is 0. The molecule has 0 bridgehead atoms. The molecule has 2 saturated carbocycles. The Bertz CT molecular complexity index is 308. The van der Waals surface area contributed by atoms with E-state index in [0.29, 0.717) is 6.54 Å². The maximum atomic E-state index is 12.6. The number of nitrogens with zero attached hydrogens (tertiary/aromatic N) is 1. The van der Waals surface area contributed by atoms with E-state index in [0.717, 1.165) is 12.8 Å². The van der Waals surface area contributed by atoms with Gasteiger partial charge in [0.2, 0.25) is 5.91 Å². The quantitative estimate of drug-likeness (QED) is 0.805. The minimum atomic E-state index is -4.25. The van der Waals surface area contributed by atoms with Crippen LogP contribution in [-0.2, 0) is 4.79 Å². The van der Waals surface area contributed by atoms with E-state index in [1.54, 1.807) is 4.90 Å². The number of hydrogen-bond donors (Lipinski definition) is 1. The van der Waals surface area contributed by atoms with E-state index in [2.05, 4.69) is 5.32 Å². The van der Waals surface area contributed by atoms with Crippen molar-refractivity contribution in [1.29, 1.82) is 0 Å². The Morgan fingerprint density at radius 3 is 2.35 bits per heavy atom. The number of nitrogens with one attached hydrogen (secondary N) is 1. The van der Waals surface area contributed by atoms with Crippen molar-refractivity contribution in [2.75, 3.05) is 13.1 Å². The molecule has 0 aromatic rings. The van der Waals surface area contributed by atoms with Crippen LogP contribution in [0.4, 0.5) is 13.2 Å². The molecule has 2 rings (SSSR count). The first-order chi connectivity index (χ1) is 7.89.